The van der Waals surface area contributed by atoms with Crippen LogP contribution in [0.15, 0.2) is 0 Å². The summed E-state index contributed by atoms with van der Waals surface area (Å²) in [7, 11) is 0. The van der Waals surface area contributed by atoms with Crippen molar-refractivity contribution in [3.05, 3.63) is 0 Å². The van der Waals surface area contributed by atoms with Gasteiger partial charge in [-0.15, -0.1) is 0 Å². The van der Waals surface area contributed by atoms with Gasteiger partial charge in [0.1, 0.15) is 0 Å². The first-order valence-corrected chi connectivity index (χ1v) is 7.55. The summed E-state index contributed by atoms with van der Waals surface area (Å²) in [6.45, 7) is 10.6. The monoisotopic (exact) mass is 254 g/mol. The molecule has 2 unspecified atom stereocenters. The Morgan fingerprint density at radius 1 is 1.06 bits per heavy atom. The van der Waals surface area contributed by atoms with Crippen LogP contribution in [0.25, 0.3) is 0 Å². The minimum Gasteiger partial charge on any atom is -0.341 e. The van der Waals surface area contributed by atoms with Gasteiger partial charge in [0, 0.05) is 19.1 Å². The summed E-state index contributed by atoms with van der Waals surface area (Å²) in [5, 5.41) is 3.44. The molecule has 1 aliphatic heterocycles. The molecule has 1 fully saturated rings. The molecule has 3 heteroatoms. The van der Waals surface area contributed by atoms with E-state index in [-0.39, 0.29) is 11.9 Å². The molecule has 1 heterocycles. The van der Waals surface area contributed by atoms with Crippen LogP contribution >= 0.6 is 0 Å². The lowest BCUT2D eigenvalue weighted by Gasteiger charge is -2.30. The Morgan fingerprint density at radius 2 is 1.67 bits per heavy atom. The van der Waals surface area contributed by atoms with Crippen LogP contribution in [-0.2, 0) is 4.79 Å². The van der Waals surface area contributed by atoms with E-state index in [1.54, 1.807) is 0 Å². The summed E-state index contributed by atoms with van der Waals surface area (Å²) in [5.74, 6) is 1.02. The molecule has 1 aliphatic rings. The van der Waals surface area contributed by atoms with E-state index >= 15 is 0 Å². The predicted molar refractivity (Wildman–Crippen MR) is 76.6 cm³/mol. The molecule has 1 saturated heterocycles. The van der Waals surface area contributed by atoms with Crippen molar-refractivity contribution < 1.29 is 4.79 Å². The summed E-state index contributed by atoms with van der Waals surface area (Å²) < 4.78 is 0. The van der Waals surface area contributed by atoms with Crippen LogP contribution in [0.4, 0.5) is 0 Å². The number of carbonyl (C=O) groups is 1. The SMILES string of the molecule is CC(C)CCC(C)NC(C)C(=O)N1CCCCC1. The first-order valence-electron chi connectivity index (χ1n) is 7.55. The predicted octanol–water partition coefficient (Wildman–Crippen LogP) is 2.80. The Balaban J connectivity index is 2.29. The Bertz CT molecular complexity index is 247. The van der Waals surface area contributed by atoms with Gasteiger partial charge in [-0.1, -0.05) is 13.8 Å². The van der Waals surface area contributed by atoms with Crippen molar-refractivity contribution in [2.45, 2.75) is 71.9 Å². The van der Waals surface area contributed by atoms with Crippen LogP contribution in [0.3, 0.4) is 0 Å². The van der Waals surface area contributed by atoms with E-state index in [2.05, 4.69) is 26.1 Å². The maximum absolute atomic E-state index is 12.2. The lowest BCUT2D eigenvalue weighted by molar-refractivity contribution is -0.134. The number of hydrogen-bond acceptors (Lipinski definition) is 2. The number of rotatable bonds is 6. The van der Waals surface area contributed by atoms with Gasteiger partial charge in [0.15, 0.2) is 0 Å². The van der Waals surface area contributed by atoms with Gasteiger partial charge in [0.05, 0.1) is 6.04 Å². The fourth-order valence-corrected chi connectivity index (χ4v) is 2.55. The second-order valence-electron chi connectivity index (χ2n) is 6.15. The van der Waals surface area contributed by atoms with Crippen LogP contribution in [0.1, 0.15) is 59.8 Å². The summed E-state index contributed by atoms with van der Waals surface area (Å²) >= 11 is 0. The van der Waals surface area contributed by atoms with Gasteiger partial charge in [-0.2, -0.15) is 0 Å². The van der Waals surface area contributed by atoms with Crippen molar-refractivity contribution in [2.24, 2.45) is 5.92 Å². The lowest BCUT2D eigenvalue weighted by Crippen LogP contribution is -2.49. The topological polar surface area (TPSA) is 32.3 Å². The van der Waals surface area contributed by atoms with Crippen LogP contribution in [0.2, 0.25) is 0 Å². The zero-order chi connectivity index (χ0) is 13.5. The van der Waals surface area contributed by atoms with Crippen molar-refractivity contribution in [3.63, 3.8) is 0 Å². The average molecular weight is 254 g/mol. The number of likely N-dealkylation sites (tertiary alicyclic amines) is 1. The van der Waals surface area contributed by atoms with E-state index in [0.29, 0.717) is 6.04 Å². The second kappa shape index (κ2) is 7.78. The van der Waals surface area contributed by atoms with Crippen LogP contribution in [0, 0.1) is 5.92 Å². The second-order valence-corrected chi connectivity index (χ2v) is 6.15. The molecule has 0 aliphatic carbocycles. The Morgan fingerprint density at radius 3 is 2.22 bits per heavy atom. The van der Waals surface area contributed by atoms with Gasteiger partial charge >= 0.3 is 0 Å². The third kappa shape index (κ3) is 5.38. The number of hydrogen-bond donors (Lipinski definition) is 1. The smallest absolute Gasteiger partial charge is 0.239 e. The highest BCUT2D eigenvalue weighted by molar-refractivity contribution is 5.81. The highest BCUT2D eigenvalue weighted by atomic mass is 16.2. The number of nitrogens with one attached hydrogen (secondary N) is 1. The molecule has 106 valence electrons. The largest absolute Gasteiger partial charge is 0.341 e. The molecule has 0 aromatic heterocycles. The van der Waals surface area contributed by atoms with Gasteiger partial charge in [0.2, 0.25) is 5.91 Å². The molecular formula is C15H30N2O. The summed E-state index contributed by atoms with van der Waals surface area (Å²) in [6, 6.07) is 0.390. The van der Waals surface area contributed by atoms with Gasteiger partial charge in [0.25, 0.3) is 0 Å². The normalized spacial score (nSPS) is 19.9. The van der Waals surface area contributed by atoms with E-state index in [1.165, 1.54) is 25.7 Å². The maximum Gasteiger partial charge on any atom is 0.239 e. The van der Waals surface area contributed by atoms with Crippen LogP contribution in [-0.4, -0.2) is 36.0 Å². The molecule has 0 spiro atoms. The van der Waals surface area contributed by atoms with E-state index in [4.69, 9.17) is 0 Å². The third-order valence-electron chi connectivity index (χ3n) is 3.75. The minimum absolute atomic E-state index is 0.0368. The van der Waals surface area contributed by atoms with E-state index in [1.807, 2.05) is 11.8 Å². The summed E-state index contributed by atoms with van der Waals surface area (Å²) in [4.78, 5) is 14.3. The molecular weight excluding hydrogens is 224 g/mol. The number of piperidine rings is 1. The molecule has 0 aromatic rings. The molecule has 0 aromatic carbocycles. The Labute approximate surface area is 112 Å². The van der Waals surface area contributed by atoms with Crippen molar-refractivity contribution in [1.82, 2.24) is 10.2 Å². The molecule has 18 heavy (non-hydrogen) atoms. The van der Waals surface area contributed by atoms with Crippen molar-refractivity contribution in [3.8, 4) is 0 Å². The molecule has 1 amide bonds. The van der Waals surface area contributed by atoms with E-state index < -0.39 is 0 Å². The highest BCUT2D eigenvalue weighted by Crippen LogP contribution is 2.11. The summed E-state index contributed by atoms with van der Waals surface area (Å²) in [5.41, 5.74) is 0. The van der Waals surface area contributed by atoms with E-state index in [0.717, 1.165) is 25.4 Å². The van der Waals surface area contributed by atoms with Crippen LogP contribution < -0.4 is 5.32 Å². The van der Waals surface area contributed by atoms with Gasteiger partial charge in [-0.3, -0.25) is 4.79 Å². The molecule has 0 radical (unpaired) electrons. The molecule has 1 N–H and O–H groups in total. The van der Waals surface area contributed by atoms with Gasteiger partial charge in [-0.25, -0.2) is 0 Å². The average Bonchev–Trinajstić information content (AvgIpc) is 2.36. The Kier molecular flexibility index (Phi) is 6.69. The van der Waals surface area contributed by atoms with Crippen LogP contribution in [0.5, 0.6) is 0 Å². The fraction of sp³-hybridized carbons (Fsp3) is 0.933. The standard InChI is InChI=1S/C15H30N2O/c1-12(2)8-9-13(3)16-14(4)15(18)17-10-6-5-7-11-17/h12-14,16H,5-11H2,1-4H3. The van der Waals surface area contributed by atoms with Crippen molar-refractivity contribution in [1.29, 1.82) is 0 Å². The van der Waals surface area contributed by atoms with E-state index in [9.17, 15) is 4.79 Å². The molecule has 3 nitrogen and oxygen atoms in total. The molecule has 0 bridgehead atoms. The number of carbonyl (C=O) groups excluding carboxylic acids is 1. The molecule has 1 rings (SSSR count). The molecule has 0 saturated carbocycles. The number of nitrogens with zero attached hydrogens (tertiary/aromatic N) is 1. The highest BCUT2D eigenvalue weighted by Gasteiger charge is 2.22. The Hall–Kier alpha value is -0.570. The first kappa shape index (κ1) is 15.5. The van der Waals surface area contributed by atoms with Gasteiger partial charge < -0.3 is 10.2 Å². The summed E-state index contributed by atoms with van der Waals surface area (Å²) in [6.07, 6.45) is 5.98. The fourth-order valence-electron chi connectivity index (χ4n) is 2.55. The maximum atomic E-state index is 12.2. The minimum atomic E-state index is -0.0368. The zero-order valence-electron chi connectivity index (χ0n) is 12.5. The lowest BCUT2D eigenvalue weighted by atomic mass is 10.0. The quantitative estimate of drug-likeness (QED) is 0.790. The van der Waals surface area contributed by atoms with Crippen molar-refractivity contribution >= 4 is 5.91 Å². The zero-order valence-corrected chi connectivity index (χ0v) is 12.5. The third-order valence-corrected chi connectivity index (χ3v) is 3.75. The molecule has 2 atom stereocenters. The van der Waals surface area contributed by atoms with Crippen molar-refractivity contribution in [2.75, 3.05) is 13.1 Å². The first-order chi connectivity index (χ1) is 8.50. The number of amides is 1. The van der Waals surface area contributed by atoms with Gasteiger partial charge in [-0.05, 0) is 51.9 Å².